The molecule has 2 aliphatic heterocycles. The van der Waals surface area contributed by atoms with E-state index in [9.17, 15) is 14.4 Å². The summed E-state index contributed by atoms with van der Waals surface area (Å²) in [6, 6.07) is 31.5. The van der Waals surface area contributed by atoms with E-state index < -0.39 is 23.5 Å². The number of β-lactam (4-membered cyclic amide) rings is 1. The molecule has 0 saturated carbocycles. The fourth-order valence-electron chi connectivity index (χ4n) is 5.06. The standard InChI is InChI=1S/C34H29N3O5S2/c38-28(19-27-17-10-18-43-27)36-29-32(39)37-30(26(22-44-33(29)37)20-35-41-21-23-11-4-1-5-12-23)34(40)42-31(24-13-6-2-7-14-24)25-15-8-3-9-16-25/h1-18,20,29,31,33H,19,21-22H2,(H,36,38)/b35-20+/t29-,33-/m1/s1. The molecule has 6 rings (SSSR count). The van der Waals surface area contributed by atoms with Crippen LogP contribution in [-0.4, -0.2) is 46.1 Å². The summed E-state index contributed by atoms with van der Waals surface area (Å²) in [6.45, 7) is 0.255. The average Bonchev–Trinajstić information content (AvgIpc) is 3.58. The maximum absolute atomic E-state index is 14.0. The number of amides is 2. The molecule has 1 aromatic heterocycles. The van der Waals surface area contributed by atoms with Gasteiger partial charge in [0, 0.05) is 16.2 Å². The van der Waals surface area contributed by atoms with Crippen LogP contribution in [0.15, 0.2) is 125 Å². The average molecular weight is 624 g/mol. The maximum atomic E-state index is 14.0. The summed E-state index contributed by atoms with van der Waals surface area (Å²) in [4.78, 5) is 48.1. The number of fused-ring (bicyclic) bond motifs is 1. The van der Waals surface area contributed by atoms with Crippen molar-refractivity contribution >= 4 is 47.1 Å². The van der Waals surface area contributed by atoms with Crippen LogP contribution in [0, 0.1) is 0 Å². The Morgan fingerprint density at radius 1 is 0.932 bits per heavy atom. The molecule has 0 radical (unpaired) electrons. The molecule has 2 aliphatic rings. The highest BCUT2D eigenvalue weighted by atomic mass is 32.2. The molecule has 3 heterocycles. The van der Waals surface area contributed by atoms with E-state index in [1.54, 1.807) is 0 Å². The number of carbonyl (C=O) groups is 3. The molecule has 222 valence electrons. The second-order valence-electron chi connectivity index (χ2n) is 10.2. The first-order valence-electron chi connectivity index (χ1n) is 14.1. The zero-order valence-corrected chi connectivity index (χ0v) is 25.2. The minimum absolute atomic E-state index is 0.103. The van der Waals surface area contributed by atoms with E-state index >= 15 is 0 Å². The lowest BCUT2D eigenvalue weighted by Crippen LogP contribution is -2.70. The van der Waals surface area contributed by atoms with E-state index in [2.05, 4.69) is 10.5 Å². The maximum Gasteiger partial charge on any atom is 0.356 e. The molecule has 0 bridgehead atoms. The lowest BCUT2D eigenvalue weighted by Gasteiger charge is -2.49. The Morgan fingerprint density at radius 2 is 1.59 bits per heavy atom. The topological polar surface area (TPSA) is 97.3 Å². The van der Waals surface area contributed by atoms with Crippen molar-refractivity contribution in [1.82, 2.24) is 10.2 Å². The quantitative estimate of drug-likeness (QED) is 0.103. The molecule has 0 spiro atoms. The van der Waals surface area contributed by atoms with Gasteiger partial charge in [-0.2, -0.15) is 0 Å². The van der Waals surface area contributed by atoms with Gasteiger partial charge in [0.25, 0.3) is 5.91 Å². The Bertz CT molecular complexity index is 1620. The van der Waals surface area contributed by atoms with Crippen LogP contribution in [-0.2, 0) is 37.0 Å². The van der Waals surface area contributed by atoms with Crippen molar-refractivity contribution in [2.24, 2.45) is 5.16 Å². The first-order valence-corrected chi connectivity index (χ1v) is 16.0. The van der Waals surface area contributed by atoms with Gasteiger partial charge >= 0.3 is 5.97 Å². The van der Waals surface area contributed by atoms with Gasteiger partial charge in [-0.05, 0) is 28.1 Å². The van der Waals surface area contributed by atoms with Crippen molar-refractivity contribution in [1.29, 1.82) is 0 Å². The van der Waals surface area contributed by atoms with Crippen LogP contribution in [0.3, 0.4) is 0 Å². The summed E-state index contributed by atoms with van der Waals surface area (Å²) in [6.07, 6.45) is 0.963. The van der Waals surface area contributed by atoms with E-state index in [0.29, 0.717) is 11.3 Å². The largest absolute Gasteiger partial charge is 0.448 e. The molecule has 4 aromatic rings. The molecule has 2 amide bonds. The molecule has 1 saturated heterocycles. The van der Waals surface area contributed by atoms with Crippen molar-refractivity contribution < 1.29 is 24.0 Å². The predicted octanol–water partition coefficient (Wildman–Crippen LogP) is 5.48. The Labute approximate surface area is 263 Å². The zero-order valence-electron chi connectivity index (χ0n) is 23.6. The molecule has 0 unspecified atom stereocenters. The Kier molecular flexibility index (Phi) is 9.19. The summed E-state index contributed by atoms with van der Waals surface area (Å²) >= 11 is 2.94. The number of hydrogen-bond donors (Lipinski definition) is 1. The Hall–Kier alpha value is -4.67. The number of esters is 1. The minimum atomic E-state index is -0.748. The van der Waals surface area contributed by atoms with Gasteiger partial charge < -0.3 is 14.9 Å². The van der Waals surface area contributed by atoms with Crippen molar-refractivity contribution in [3.05, 3.63) is 141 Å². The molecule has 1 fully saturated rings. The first-order chi connectivity index (χ1) is 21.6. The normalized spacial score (nSPS) is 17.8. The van der Waals surface area contributed by atoms with E-state index in [-0.39, 0.29) is 30.5 Å². The zero-order chi connectivity index (χ0) is 30.3. The number of nitrogens with zero attached hydrogens (tertiary/aromatic N) is 2. The number of thiophene rings is 1. The van der Waals surface area contributed by atoms with E-state index in [0.717, 1.165) is 21.6 Å². The van der Waals surface area contributed by atoms with Gasteiger partial charge in [-0.1, -0.05) is 102 Å². The highest BCUT2D eigenvalue weighted by Crippen LogP contribution is 2.41. The van der Waals surface area contributed by atoms with Crippen molar-refractivity contribution in [3.8, 4) is 0 Å². The summed E-state index contributed by atoms with van der Waals surface area (Å²) in [5.74, 6) is -0.903. The molecule has 10 heteroatoms. The van der Waals surface area contributed by atoms with Crippen LogP contribution < -0.4 is 5.32 Å². The molecule has 0 aliphatic carbocycles. The van der Waals surface area contributed by atoms with Crippen LogP contribution in [0.2, 0.25) is 0 Å². The van der Waals surface area contributed by atoms with E-state index in [1.165, 1.54) is 34.2 Å². The molecule has 44 heavy (non-hydrogen) atoms. The minimum Gasteiger partial charge on any atom is -0.448 e. The third kappa shape index (κ3) is 6.61. The Balaban J connectivity index is 1.25. The molecular weight excluding hydrogens is 595 g/mol. The van der Waals surface area contributed by atoms with Gasteiger partial charge in [0.2, 0.25) is 5.91 Å². The van der Waals surface area contributed by atoms with Crippen LogP contribution >= 0.6 is 23.1 Å². The summed E-state index contributed by atoms with van der Waals surface area (Å²) in [7, 11) is 0. The highest BCUT2D eigenvalue weighted by molar-refractivity contribution is 8.00. The number of hydrogen-bond acceptors (Lipinski definition) is 8. The number of rotatable bonds is 11. The van der Waals surface area contributed by atoms with Crippen molar-refractivity contribution in [3.63, 3.8) is 0 Å². The summed E-state index contributed by atoms with van der Waals surface area (Å²) in [5.41, 5.74) is 3.14. The highest BCUT2D eigenvalue weighted by Gasteiger charge is 2.54. The first kappa shape index (κ1) is 29.4. The monoisotopic (exact) mass is 623 g/mol. The van der Waals surface area contributed by atoms with Crippen molar-refractivity contribution in [2.45, 2.75) is 30.5 Å². The van der Waals surface area contributed by atoms with E-state index in [1.807, 2.05) is 109 Å². The van der Waals surface area contributed by atoms with Gasteiger partial charge in [-0.3, -0.25) is 14.5 Å². The number of ether oxygens (including phenoxy) is 1. The summed E-state index contributed by atoms with van der Waals surface area (Å²) < 4.78 is 6.17. The van der Waals surface area contributed by atoms with E-state index in [4.69, 9.17) is 9.57 Å². The third-order valence-corrected chi connectivity index (χ3v) is 9.39. The van der Waals surface area contributed by atoms with Gasteiger partial charge in [0.05, 0.1) is 12.6 Å². The second-order valence-corrected chi connectivity index (χ2v) is 12.3. The summed E-state index contributed by atoms with van der Waals surface area (Å²) in [5, 5.41) is 8.44. The van der Waals surface area contributed by atoms with Gasteiger partial charge in [0.1, 0.15) is 23.7 Å². The van der Waals surface area contributed by atoms with Gasteiger partial charge in [0.15, 0.2) is 6.10 Å². The van der Waals surface area contributed by atoms with Crippen LogP contribution in [0.1, 0.15) is 27.7 Å². The smallest absolute Gasteiger partial charge is 0.356 e. The fourth-order valence-corrected chi connectivity index (χ4v) is 7.06. The predicted molar refractivity (Wildman–Crippen MR) is 171 cm³/mol. The third-order valence-electron chi connectivity index (χ3n) is 7.21. The molecule has 2 atom stereocenters. The Morgan fingerprint density at radius 3 is 2.23 bits per heavy atom. The molecule has 1 N–H and O–H groups in total. The number of benzene rings is 3. The number of oxime groups is 1. The van der Waals surface area contributed by atoms with Crippen molar-refractivity contribution in [2.75, 3.05) is 5.75 Å². The van der Waals surface area contributed by atoms with Crippen LogP contribution in [0.25, 0.3) is 0 Å². The van der Waals surface area contributed by atoms with Gasteiger partial charge in [-0.25, -0.2) is 4.79 Å². The van der Waals surface area contributed by atoms with Gasteiger partial charge in [-0.15, -0.1) is 23.1 Å². The van der Waals surface area contributed by atoms with Crippen LogP contribution in [0.5, 0.6) is 0 Å². The fraction of sp³-hybridized carbons (Fsp3) is 0.176. The number of thioether (sulfide) groups is 1. The second kappa shape index (κ2) is 13.7. The lowest BCUT2D eigenvalue weighted by atomic mass is 10.0. The lowest BCUT2D eigenvalue weighted by molar-refractivity contribution is -0.154. The number of carbonyl (C=O) groups excluding carboxylic acids is 3. The number of nitrogens with one attached hydrogen (secondary N) is 1. The SMILES string of the molecule is O=C(Cc1cccs1)N[C@@H]1C(=O)N2C(C(=O)OC(c3ccccc3)c3ccccc3)=C(/C=N/OCc3ccccc3)CS[C@H]12. The molecular formula is C34H29N3O5S2. The van der Waals surface area contributed by atoms with Crippen LogP contribution in [0.4, 0.5) is 0 Å². The molecule has 8 nitrogen and oxygen atoms in total. The molecule has 3 aromatic carbocycles.